The number of alkyl halides is 4. The van der Waals surface area contributed by atoms with Crippen LogP contribution < -0.4 is 0 Å². The number of ether oxygens (including phenoxy) is 2. The number of Topliss-reactive ketones (excluding diaryl/α,β-unsaturated/α-hetero) is 2. The van der Waals surface area contributed by atoms with Crippen molar-refractivity contribution in [2.75, 3.05) is 14.2 Å². The number of ketones is 2. The first-order valence-corrected chi connectivity index (χ1v) is 17.4. The van der Waals surface area contributed by atoms with Gasteiger partial charge in [0.2, 0.25) is 0 Å². The molecule has 0 heterocycles. The van der Waals surface area contributed by atoms with Gasteiger partial charge >= 0.3 is 0 Å². The summed E-state index contributed by atoms with van der Waals surface area (Å²) in [5, 5.41) is 0. The second-order valence-electron chi connectivity index (χ2n) is 12.7. The molecule has 0 saturated heterocycles. The third-order valence-corrected chi connectivity index (χ3v) is 12.4. The van der Waals surface area contributed by atoms with Crippen molar-refractivity contribution in [3.05, 3.63) is 0 Å². The van der Waals surface area contributed by atoms with Crippen molar-refractivity contribution in [3.8, 4) is 0 Å². The summed E-state index contributed by atoms with van der Waals surface area (Å²) in [5.41, 5.74) is 0. The molecule has 40 heavy (non-hydrogen) atoms. The number of halogens is 4. The predicted octanol–water partition coefficient (Wildman–Crippen LogP) is 9.52. The molecule has 0 aliphatic heterocycles. The van der Waals surface area contributed by atoms with Gasteiger partial charge in [0.05, 0.1) is 12.2 Å². The van der Waals surface area contributed by atoms with Gasteiger partial charge in [0.15, 0.2) is 20.2 Å². The predicted molar refractivity (Wildman–Crippen MR) is 167 cm³/mol. The summed E-state index contributed by atoms with van der Waals surface area (Å²) >= 11 is 24.5. The van der Waals surface area contributed by atoms with E-state index >= 15 is 0 Å². The minimum absolute atomic E-state index is 0.0823. The van der Waals surface area contributed by atoms with Gasteiger partial charge in [-0.3, -0.25) is 9.59 Å². The summed E-state index contributed by atoms with van der Waals surface area (Å²) < 4.78 is 8.64. The van der Waals surface area contributed by atoms with Gasteiger partial charge in [0.1, 0.15) is 0 Å². The highest BCUT2D eigenvalue weighted by molar-refractivity contribution is 6.61. The summed E-state index contributed by atoms with van der Waals surface area (Å²) in [4.78, 5) is 24.2. The van der Waals surface area contributed by atoms with E-state index in [0.29, 0.717) is 24.0 Å². The van der Waals surface area contributed by atoms with E-state index in [1.807, 2.05) is 0 Å². The molecule has 4 aliphatic carbocycles. The summed E-state index contributed by atoms with van der Waals surface area (Å²) in [6.07, 6.45) is 18.8. The maximum absolute atomic E-state index is 12.1. The average molecular weight is 643 g/mol. The van der Waals surface area contributed by atoms with Gasteiger partial charge in [-0.15, -0.1) is 0 Å². The molecule has 8 heteroatoms. The summed E-state index contributed by atoms with van der Waals surface area (Å²) in [6, 6.07) is 0. The van der Waals surface area contributed by atoms with E-state index in [4.69, 9.17) is 55.9 Å². The lowest BCUT2D eigenvalue weighted by Crippen LogP contribution is -2.60. The Kier molecular flexibility index (Phi) is 13.9. The fourth-order valence-corrected chi connectivity index (χ4v) is 9.47. The van der Waals surface area contributed by atoms with Crippen molar-refractivity contribution in [2.45, 2.75) is 137 Å². The zero-order valence-electron chi connectivity index (χ0n) is 25.1. The van der Waals surface area contributed by atoms with Crippen molar-refractivity contribution in [1.29, 1.82) is 0 Å². The molecule has 4 aliphatic rings. The Morgan fingerprint density at radius 2 is 1.05 bits per heavy atom. The van der Waals surface area contributed by atoms with E-state index in [0.717, 1.165) is 77.0 Å². The Bertz CT molecular complexity index is 745. The third kappa shape index (κ3) is 7.92. The van der Waals surface area contributed by atoms with Crippen molar-refractivity contribution >= 4 is 58.0 Å². The molecule has 0 aromatic carbocycles. The highest BCUT2D eigenvalue weighted by atomic mass is 35.5. The van der Waals surface area contributed by atoms with Gasteiger partial charge in [-0.25, -0.2) is 0 Å². The summed E-state index contributed by atoms with van der Waals surface area (Å²) in [6.45, 7) is 4.32. The molecule has 4 nitrogen and oxygen atoms in total. The molecule has 0 aromatic rings. The van der Waals surface area contributed by atoms with Crippen LogP contribution in [0, 0.1) is 35.5 Å². The summed E-state index contributed by atoms with van der Waals surface area (Å²) in [7, 11) is 3.57. The van der Waals surface area contributed by atoms with E-state index in [2.05, 4.69) is 13.8 Å². The number of hydrogen-bond donors (Lipinski definition) is 0. The van der Waals surface area contributed by atoms with Crippen LogP contribution in [0.4, 0.5) is 0 Å². The quantitative estimate of drug-likeness (QED) is 0.140. The lowest BCUT2D eigenvalue weighted by Gasteiger charge is -2.52. The summed E-state index contributed by atoms with van der Waals surface area (Å²) in [5.74, 6) is 1.88. The van der Waals surface area contributed by atoms with Crippen molar-refractivity contribution in [1.82, 2.24) is 0 Å². The molecule has 4 saturated carbocycles. The van der Waals surface area contributed by atoms with Crippen LogP contribution in [0.25, 0.3) is 0 Å². The Morgan fingerprint density at radius 3 is 1.38 bits per heavy atom. The molecule has 0 radical (unpaired) electrons. The Balaban J connectivity index is 0.000000220. The first-order chi connectivity index (χ1) is 19.0. The van der Waals surface area contributed by atoms with E-state index in [9.17, 15) is 9.59 Å². The zero-order chi connectivity index (χ0) is 29.5. The standard InChI is InChI=1S/2C16H26Cl2O2/c2*1-3-12(20-2)9-5-4-7-11-8-6-10-13-14(11)15(19)16(13,17)18/h2*11-14H,3-10H2,1-2H3. The Morgan fingerprint density at radius 1 is 0.675 bits per heavy atom. The van der Waals surface area contributed by atoms with Crippen LogP contribution in [0.15, 0.2) is 0 Å². The second-order valence-corrected chi connectivity index (χ2v) is 15.5. The number of unbranched alkanes of at least 4 members (excludes halogenated alkanes) is 2. The van der Waals surface area contributed by atoms with Gasteiger partial charge in [-0.05, 0) is 76.0 Å². The monoisotopic (exact) mass is 640 g/mol. The zero-order valence-corrected chi connectivity index (χ0v) is 28.1. The number of methoxy groups -OCH3 is 2. The van der Waals surface area contributed by atoms with Gasteiger partial charge in [0.25, 0.3) is 0 Å². The minimum Gasteiger partial charge on any atom is -0.381 e. The number of hydrogen-bond acceptors (Lipinski definition) is 4. The Hall–Kier alpha value is 0.420. The van der Waals surface area contributed by atoms with Crippen LogP contribution in [0.5, 0.6) is 0 Å². The lowest BCUT2D eigenvalue weighted by atomic mass is 9.58. The fraction of sp³-hybridized carbons (Fsp3) is 0.938. The molecule has 0 N–H and O–H groups in total. The van der Waals surface area contributed by atoms with Crippen LogP contribution in [-0.4, -0.2) is 46.7 Å². The second kappa shape index (κ2) is 15.9. The molecule has 8 atom stereocenters. The van der Waals surface area contributed by atoms with Gasteiger partial charge in [-0.1, -0.05) is 98.8 Å². The van der Waals surface area contributed by atoms with Crippen LogP contribution in [-0.2, 0) is 19.1 Å². The first-order valence-electron chi connectivity index (χ1n) is 15.9. The van der Waals surface area contributed by atoms with Gasteiger partial charge in [-0.2, -0.15) is 0 Å². The van der Waals surface area contributed by atoms with E-state index in [1.54, 1.807) is 14.2 Å². The molecular weight excluding hydrogens is 590 g/mol. The SMILES string of the molecule is CCC(CCCCC1CCCC2C1C(=O)C2(Cl)Cl)OC.CCC(CCCCC1CCCC2C1C(=O)C2(Cl)Cl)OC. The molecule has 0 amide bonds. The molecule has 232 valence electrons. The van der Waals surface area contributed by atoms with E-state index in [1.165, 1.54) is 25.7 Å². The maximum Gasteiger partial charge on any atom is 0.179 e. The van der Waals surface area contributed by atoms with E-state index < -0.39 is 8.67 Å². The molecule has 4 rings (SSSR count). The van der Waals surface area contributed by atoms with Crippen molar-refractivity contribution < 1.29 is 19.1 Å². The number of carbonyl (C=O) groups excluding carboxylic acids is 2. The number of carbonyl (C=O) groups is 2. The van der Waals surface area contributed by atoms with Crippen LogP contribution in [0.3, 0.4) is 0 Å². The van der Waals surface area contributed by atoms with Gasteiger partial charge < -0.3 is 9.47 Å². The molecule has 0 bridgehead atoms. The third-order valence-electron chi connectivity index (χ3n) is 10.5. The minimum atomic E-state index is -1.08. The smallest absolute Gasteiger partial charge is 0.179 e. The normalized spacial score (nSPS) is 33.4. The molecule has 0 aromatic heterocycles. The molecule has 0 spiro atoms. The largest absolute Gasteiger partial charge is 0.381 e. The lowest BCUT2D eigenvalue weighted by molar-refractivity contribution is -0.142. The molecular formula is C32H52Cl4O4. The maximum atomic E-state index is 12.1. The Labute approximate surface area is 263 Å². The van der Waals surface area contributed by atoms with Crippen LogP contribution >= 0.6 is 46.4 Å². The van der Waals surface area contributed by atoms with E-state index in [-0.39, 0.29) is 35.2 Å². The topological polar surface area (TPSA) is 52.6 Å². The number of fused-ring (bicyclic) bond motifs is 2. The van der Waals surface area contributed by atoms with Crippen LogP contribution in [0.2, 0.25) is 0 Å². The van der Waals surface area contributed by atoms with Crippen molar-refractivity contribution in [3.63, 3.8) is 0 Å². The number of rotatable bonds is 14. The highest BCUT2D eigenvalue weighted by Crippen LogP contribution is 2.59. The average Bonchev–Trinajstić information content (AvgIpc) is 2.97. The fourth-order valence-electron chi connectivity index (χ4n) is 7.98. The van der Waals surface area contributed by atoms with Gasteiger partial charge in [0, 0.05) is 37.9 Å². The van der Waals surface area contributed by atoms with Crippen LogP contribution in [0.1, 0.15) is 117 Å². The highest BCUT2D eigenvalue weighted by Gasteiger charge is 2.63. The molecule has 4 fully saturated rings. The first kappa shape index (κ1) is 34.9. The van der Waals surface area contributed by atoms with Crippen molar-refractivity contribution in [2.24, 2.45) is 35.5 Å². The molecule has 8 unspecified atom stereocenters.